The summed E-state index contributed by atoms with van der Waals surface area (Å²) in [5.74, 6) is 0. The fourth-order valence-electron chi connectivity index (χ4n) is 2.85. The predicted octanol–water partition coefficient (Wildman–Crippen LogP) is 1.26. The lowest BCUT2D eigenvalue weighted by Gasteiger charge is -2.26. The maximum absolute atomic E-state index is 12.3. The molecule has 3 heterocycles. The van der Waals surface area contributed by atoms with E-state index in [2.05, 4.69) is 19.8 Å². The van der Waals surface area contributed by atoms with Crippen molar-refractivity contribution in [2.24, 2.45) is 0 Å². The van der Waals surface area contributed by atoms with Gasteiger partial charge in [-0.05, 0) is 32.4 Å². The van der Waals surface area contributed by atoms with Crippen LogP contribution in [0.4, 0.5) is 9.80 Å². The quantitative estimate of drug-likeness (QED) is 0.910. The second-order valence-electron chi connectivity index (χ2n) is 5.51. The summed E-state index contributed by atoms with van der Waals surface area (Å²) >= 11 is 1.19. The number of ether oxygens (including phenoxy) is 1. The normalized spacial score (nSPS) is 24.0. The Labute approximate surface area is 128 Å². The van der Waals surface area contributed by atoms with E-state index in [0.29, 0.717) is 11.5 Å². The van der Waals surface area contributed by atoms with Crippen LogP contribution < -0.4 is 5.32 Å². The Morgan fingerprint density at radius 2 is 2.24 bits per heavy atom. The van der Waals surface area contributed by atoms with Crippen molar-refractivity contribution in [2.45, 2.75) is 25.4 Å². The molecule has 2 fully saturated rings. The average molecular weight is 311 g/mol. The third kappa shape index (κ3) is 4.12. The van der Waals surface area contributed by atoms with E-state index in [0.717, 1.165) is 39.2 Å². The van der Waals surface area contributed by atoms with Crippen LogP contribution in [-0.2, 0) is 4.74 Å². The zero-order valence-electron chi connectivity index (χ0n) is 12.0. The van der Waals surface area contributed by atoms with Crippen molar-refractivity contribution >= 4 is 22.6 Å². The van der Waals surface area contributed by atoms with E-state index < -0.39 is 0 Å². The fraction of sp³-hybridized carbons (Fsp3) is 0.769. The van der Waals surface area contributed by atoms with Crippen molar-refractivity contribution in [1.29, 1.82) is 0 Å². The van der Waals surface area contributed by atoms with Gasteiger partial charge in [0.05, 0.1) is 12.3 Å². The van der Waals surface area contributed by atoms with Gasteiger partial charge < -0.3 is 14.5 Å². The molecule has 2 saturated heterocycles. The van der Waals surface area contributed by atoms with Gasteiger partial charge in [0.1, 0.15) is 5.00 Å². The number of urea groups is 1. The molecule has 7 nitrogen and oxygen atoms in total. The van der Waals surface area contributed by atoms with E-state index in [4.69, 9.17) is 4.74 Å². The molecule has 1 atom stereocenters. The lowest BCUT2D eigenvalue weighted by atomic mass is 10.3. The minimum Gasteiger partial charge on any atom is -0.375 e. The van der Waals surface area contributed by atoms with Crippen LogP contribution in [0.1, 0.15) is 19.3 Å². The van der Waals surface area contributed by atoms with Crippen LogP contribution in [0.5, 0.6) is 0 Å². The van der Waals surface area contributed by atoms with Crippen LogP contribution >= 0.6 is 11.5 Å². The second-order valence-corrected chi connectivity index (χ2v) is 6.30. The smallest absolute Gasteiger partial charge is 0.322 e. The molecule has 0 aromatic carbocycles. The summed E-state index contributed by atoms with van der Waals surface area (Å²) in [5, 5.41) is 7.25. The lowest BCUT2D eigenvalue weighted by molar-refractivity contribution is 0.0355. The minimum atomic E-state index is -0.0852. The first-order valence-corrected chi connectivity index (χ1v) is 8.26. The van der Waals surface area contributed by atoms with E-state index in [1.165, 1.54) is 24.4 Å². The van der Waals surface area contributed by atoms with Gasteiger partial charge in [0.15, 0.2) is 0 Å². The first-order valence-electron chi connectivity index (χ1n) is 7.48. The van der Waals surface area contributed by atoms with Crippen LogP contribution in [-0.4, -0.2) is 70.9 Å². The topological polar surface area (TPSA) is 70.6 Å². The van der Waals surface area contributed by atoms with E-state index in [1.807, 2.05) is 4.90 Å². The number of aromatic nitrogens is 2. The van der Waals surface area contributed by atoms with E-state index in [1.54, 1.807) is 6.20 Å². The Balaban J connectivity index is 1.54. The molecule has 8 heteroatoms. The lowest BCUT2D eigenvalue weighted by Crippen LogP contribution is -2.43. The highest BCUT2D eigenvalue weighted by atomic mass is 32.1. The highest BCUT2D eigenvalue weighted by Gasteiger charge is 2.25. The molecule has 0 spiro atoms. The number of anilines is 1. The van der Waals surface area contributed by atoms with Crippen molar-refractivity contribution in [3.63, 3.8) is 0 Å². The number of nitrogens with one attached hydrogen (secondary N) is 1. The first kappa shape index (κ1) is 14.7. The van der Waals surface area contributed by atoms with Crippen LogP contribution in [0.2, 0.25) is 0 Å². The van der Waals surface area contributed by atoms with Gasteiger partial charge in [0.25, 0.3) is 0 Å². The Morgan fingerprint density at radius 1 is 1.38 bits per heavy atom. The van der Waals surface area contributed by atoms with Crippen molar-refractivity contribution in [3.05, 3.63) is 6.20 Å². The molecular formula is C13H21N5O2S. The summed E-state index contributed by atoms with van der Waals surface area (Å²) < 4.78 is 9.64. The summed E-state index contributed by atoms with van der Waals surface area (Å²) in [6.07, 6.45) is 5.10. The Bertz CT molecular complexity index is 449. The number of hydrogen-bond acceptors (Lipinski definition) is 6. The third-order valence-electron chi connectivity index (χ3n) is 3.89. The number of hydrogen-bond donors (Lipinski definition) is 1. The zero-order valence-corrected chi connectivity index (χ0v) is 12.8. The van der Waals surface area contributed by atoms with E-state index >= 15 is 0 Å². The number of carbonyl (C=O) groups excluding carboxylic acids is 1. The molecule has 0 saturated carbocycles. The van der Waals surface area contributed by atoms with Gasteiger partial charge in [-0.25, -0.2) is 4.79 Å². The molecule has 21 heavy (non-hydrogen) atoms. The van der Waals surface area contributed by atoms with Crippen molar-refractivity contribution < 1.29 is 9.53 Å². The summed E-state index contributed by atoms with van der Waals surface area (Å²) in [7, 11) is 0. The Kier molecular flexibility index (Phi) is 5.00. The molecular weight excluding hydrogens is 290 g/mol. The van der Waals surface area contributed by atoms with Crippen molar-refractivity contribution in [1.82, 2.24) is 19.4 Å². The molecule has 3 rings (SSSR count). The van der Waals surface area contributed by atoms with Gasteiger partial charge in [-0.1, -0.05) is 4.49 Å². The van der Waals surface area contributed by atoms with E-state index in [9.17, 15) is 4.79 Å². The number of amides is 2. The molecule has 1 aromatic rings. The average Bonchev–Trinajstić information content (AvgIpc) is 3.10. The molecule has 1 unspecified atom stereocenters. The zero-order chi connectivity index (χ0) is 14.5. The highest BCUT2D eigenvalue weighted by molar-refractivity contribution is 7.10. The standard InChI is InChI=1S/C13H21N5O2S/c19-13(15-12-8-14-16-21-12)18-6-3-7-20-11(10-18)9-17-4-1-2-5-17/h8,11H,1-7,9-10H2,(H,15,19). The summed E-state index contributed by atoms with van der Waals surface area (Å²) in [5.41, 5.74) is 0. The van der Waals surface area contributed by atoms with Crippen LogP contribution in [0.15, 0.2) is 6.20 Å². The molecule has 2 aliphatic heterocycles. The Morgan fingerprint density at radius 3 is 3.00 bits per heavy atom. The van der Waals surface area contributed by atoms with Gasteiger partial charge >= 0.3 is 6.03 Å². The second kappa shape index (κ2) is 7.15. The number of nitrogens with zero attached hydrogens (tertiary/aromatic N) is 4. The number of likely N-dealkylation sites (tertiary alicyclic amines) is 1. The summed E-state index contributed by atoms with van der Waals surface area (Å²) in [6.45, 7) is 5.33. The van der Waals surface area contributed by atoms with Gasteiger partial charge in [0.2, 0.25) is 0 Å². The molecule has 0 radical (unpaired) electrons. The van der Waals surface area contributed by atoms with Gasteiger partial charge in [-0.2, -0.15) is 0 Å². The minimum absolute atomic E-state index is 0.0852. The summed E-state index contributed by atoms with van der Waals surface area (Å²) in [4.78, 5) is 16.6. The first-order chi connectivity index (χ1) is 10.3. The van der Waals surface area contributed by atoms with Gasteiger partial charge in [-0.3, -0.25) is 5.32 Å². The molecule has 1 N–H and O–H groups in total. The monoisotopic (exact) mass is 311 g/mol. The number of rotatable bonds is 3. The highest BCUT2D eigenvalue weighted by Crippen LogP contribution is 2.15. The van der Waals surface area contributed by atoms with Crippen molar-refractivity contribution in [3.8, 4) is 0 Å². The molecule has 0 bridgehead atoms. The fourth-order valence-corrected chi connectivity index (χ4v) is 3.26. The predicted molar refractivity (Wildman–Crippen MR) is 80.5 cm³/mol. The Hall–Kier alpha value is -1.25. The van der Waals surface area contributed by atoms with Crippen LogP contribution in [0.3, 0.4) is 0 Å². The third-order valence-corrected chi connectivity index (χ3v) is 4.47. The van der Waals surface area contributed by atoms with Gasteiger partial charge in [-0.15, -0.1) is 5.10 Å². The van der Waals surface area contributed by atoms with Crippen molar-refractivity contribution in [2.75, 3.05) is 44.6 Å². The van der Waals surface area contributed by atoms with Crippen LogP contribution in [0.25, 0.3) is 0 Å². The maximum atomic E-state index is 12.3. The van der Waals surface area contributed by atoms with Gasteiger partial charge in [0, 0.05) is 37.8 Å². The SMILES string of the molecule is O=C(Nc1cnns1)N1CCCOC(CN2CCCC2)C1. The largest absolute Gasteiger partial charge is 0.375 e. The molecule has 2 amide bonds. The molecule has 2 aliphatic rings. The molecule has 116 valence electrons. The summed E-state index contributed by atoms with van der Waals surface area (Å²) in [6, 6.07) is -0.0852. The maximum Gasteiger partial charge on any atom is 0.322 e. The molecule has 1 aromatic heterocycles. The van der Waals surface area contributed by atoms with Crippen LogP contribution in [0, 0.1) is 0 Å². The van der Waals surface area contributed by atoms with E-state index in [-0.39, 0.29) is 12.1 Å². The molecule has 0 aliphatic carbocycles. The number of carbonyl (C=O) groups is 1.